The third-order valence-corrected chi connectivity index (χ3v) is 4.12. The van der Waals surface area contributed by atoms with E-state index in [9.17, 15) is 18.0 Å². The van der Waals surface area contributed by atoms with Gasteiger partial charge in [0.15, 0.2) is 0 Å². The van der Waals surface area contributed by atoms with Crippen molar-refractivity contribution in [3.05, 3.63) is 77.4 Å². The van der Waals surface area contributed by atoms with E-state index < -0.39 is 24.1 Å². The van der Waals surface area contributed by atoms with Crippen LogP contribution >= 0.6 is 0 Å². The normalized spacial score (nSPS) is 14.3. The number of aryl methyl sites for hydroxylation is 1. The number of rotatable bonds is 7. The van der Waals surface area contributed by atoms with Gasteiger partial charge < -0.3 is 4.74 Å². The molecule has 6 heteroatoms. The number of benzene rings is 2. The molecule has 148 valence electrons. The number of alkyl halides is 3. The van der Waals surface area contributed by atoms with Crippen molar-refractivity contribution in [1.29, 1.82) is 0 Å². The molecule has 0 aromatic heterocycles. The maximum atomic E-state index is 14.0. The van der Waals surface area contributed by atoms with Crippen molar-refractivity contribution >= 4 is 18.3 Å². The average Bonchev–Trinajstić information content (AvgIpc) is 2.66. The lowest BCUT2D eigenvalue weighted by atomic mass is 9.94. The zero-order chi connectivity index (χ0) is 20.6. The Kier molecular flexibility index (Phi) is 7.15. The van der Waals surface area contributed by atoms with E-state index in [0.717, 1.165) is 17.3 Å². The van der Waals surface area contributed by atoms with Crippen LogP contribution in [0.15, 0.2) is 65.7 Å². The van der Waals surface area contributed by atoms with E-state index in [1.54, 1.807) is 42.5 Å². The van der Waals surface area contributed by atoms with Crippen LogP contribution in [0.5, 0.6) is 0 Å². The third-order valence-electron chi connectivity index (χ3n) is 4.12. The molecule has 3 nitrogen and oxygen atoms in total. The number of aliphatic imine (C=N–C) groups is 1. The number of halogens is 3. The molecule has 2 aromatic rings. The second kappa shape index (κ2) is 9.35. The second-order valence-electron chi connectivity index (χ2n) is 6.26. The van der Waals surface area contributed by atoms with Crippen molar-refractivity contribution in [2.24, 2.45) is 4.99 Å². The Morgan fingerprint density at radius 1 is 1.04 bits per heavy atom. The fraction of sp³-hybridized carbons (Fsp3) is 0.273. The number of ether oxygens (including phenoxy) is 1. The van der Waals surface area contributed by atoms with Gasteiger partial charge in [-0.3, -0.25) is 4.99 Å². The number of esters is 1. The Labute approximate surface area is 162 Å². The molecule has 1 atom stereocenters. The maximum absolute atomic E-state index is 14.0. The van der Waals surface area contributed by atoms with E-state index in [0.29, 0.717) is 5.56 Å². The van der Waals surface area contributed by atoms with Gasteiger partial charge in [0.25, 0.3) is 5.54 Å². The average molecular weight is 389 g/mol. The van der Waals surface area contributed by atoms with Crippen LogP contribution in [0.4, 0.5) is 13.2 Å². The number of carbonyl (C=O) groups excluding carboxylic acids is 1. The zero-order valence-electron chi connectivity index (χ0n) is 15.7. The van der Waals surface area contributed by atoms with Gasteiger partial charge in [-0.2, -0.15) is 13.2 Å². The minimum atomic E-state index is -4.91. The molecule has 0 aliphatic carbocycles. The topological polar surface area (TPSA) is 38.7 Å². The Morgan fingerprint density at radius 2 is 1.68 bits per heavy atom. The van der Waals surface area contributed by atoms with Crippen molar-refractivity contribution in [2.75, 3.05) is 6.61 Å². The lowest BCUT2D eigenvalue weighted by molar-refractivity contribution is -0.204. The monoisotopic (exact) mass is 389 g/mol. The first-order valence-corrected chi connectivity index (χ1v) is 8.86. The predicted octanol–water partition coefficient (Wildman–Crippen LogP) is 5.38. The summed E-state index contributed by atoms with van der Waals surface area (Å²) in [5, 5.41) is 0. The number of hydrogen-bond acceptors (Lipinski definition) is 3. The first kappa shape index (κ1) is 21.4. The minimum absolute atomic E-state index is 0.167. The Balaban J connectivity index is 2.39. The molecule has 0 heterocycles. The molecular formula is C22H22F3NO2. The van der Waals surface area contributed by atoms with E-state index in [-0.39, 0.29) is 6.61 Å². The van der Waals surface area contributed by atoms with Crippen molar-refractivity contribution in [3.63, 3.8) is 0 Å². The van der Waals surface area contributed by atoms with Gasteiger partial charge in [-0.1, -0.05) is 72.3 Å². The largest absolute Gasteiger partial charge is 0.464 e. The van der Waals surface area contributed by atoms with Crippen LogP contribution in [-0.4, -0.2) is 30.5 Å². The van der Waals surface area contributed by atoms with Crippen molar-refractivity contribution in [2.45, 2.75) is 32.0 Å². The quantitative estimate of drug-likeness (QED) is 0.471. The summed E-state index contributed by atoms with van der Waals surface area (Å²) >= 11 is 0. The summed E-state index contributed by atoms with van der Waals surface area (Å²) in [4.78, 5) is 16.0. The summed E-state index contributed by atoms with van der Waals surface area (Å²) in [7, 11) is 0. The van der Waals surface area contributed by atoms with Crippen molar-refractivity contribution < 1.29 is 22.7 Å². The highest BCUT2D eigenvalue weighted by Crippen LogP contribution is 2.38. The Hall–Kier alpha value is -2.89. The van der Waals surface area contributed by atoms with Crippen molar-refractivity contribution in [3.8, 4) is 0 Å². The summed E-state index contributed by atoms with van der Waals surface area (Å²) in [6.45, 7) is 3.21. The van der Waals surface area contributed by atoms with Gasteiger partial charge in [-0.25, -0.2) is 4.79 Å². The van der Waals surface area contributed by atoms with E-state index in [2.05, 4.69) is 4.99 Å². The first-order valence-electron chi connectivity index (χ1n) is 8.86. The summed E-state index contributed by atoms with van der Waals surface area (Å²) < 4.78 is 46.7. The predicted molar refractivity (Wildman–Crippen MR) is 104 cm³/mol. The molecule has 0 bridgehead atoms. The van der Waals surface area contributed by atoms with Crippen LogP contribution in [-0.2, 0) is 9.53 Å². The smallest absolute Gasteiger partial charge is 0.424 e. The minimum Gasteiger partial charge on any atom is -0.464 e. The lowest BCUT2D eigenvalue weighted by Crippen LogP contribution is -2.51. The van der Waals surface area contributed by atoms with Crippen LogP contribution in [0.2, 0.25) is 0 Å². The lowest BCUT2D eigenvalue weighted by Gasteiger charge is -2.28. The van der Waals surface area contributed by atoms with E-state index in [4.69, 9.17) is 4.74 Å². The van der Waals surface area contributed by atoms with E-state index in [1.807, 2.05) is 19.1 Å². The van der Waals surface area contributed by atoms with Gasteiger partial charge >= 0.3 is 12.1 Å². The number of carbonyl (C=O) groups is 1. The molecule has 0 aliphatic rings. The Bertz CT molecular complexity index is 827. The highest BCUT2D eigenvalue weighted by Gasteiger charge is 2.61. The first-order chi connectivity index (χ1) is 13.3. The molecule has 1 unspecified atom stereocenters. The third kappa shape index (κ3) is 5.31. The standard InChI is InChI=1S/C22H22F3NO2/c1-3-28-20(27)21(22(23,24)25,26-16-19-8-5-4-6-9-19)15-7-10-18-13-11-17(2)12-14-18/h4-14,16H,3,15H2,1-2H3/b10-7+,26-16?. The maximum Gasteiger partial charge on any atom is 0.424 e. The summed E-state index contributed by atoms with van der Waals surface area (Å²) in [6.07, 6.45) is -1.67. The fourth-order valence-corrected chi connectivity index (χ4v) is 2.51. The van der Waals surface area contributed by atoms with Crippen LogP contribution in [0, 0.1) is 6.92 Å². The SMILES string of the molecule is CCOC(=O)C(C/C=C/c1ccc(C)cc1)(N=Cc1ccccc1)C(F)(F)F. The van der Waals surface area contributed by atoms with Gasteiger partial charge in [-0.15, -0.1) is 0 Å². The molecule has 28 heavy (non-hydrogen) atoms. The fourth-order valence-electron chi connectivity index (χ4n) is 2.51. The molecule has 2 aromatic carbocycles. The van der Waals surface area contributed by atoms with Crippen LogP contribution in [0.1, 0.15) is 30.0 Å². The molecule has 0 aliphatic heterocycles. The van der Waals surface area contributed by atoms with E-state index in [1.165, 1.54) is 19.1 Å². The molecule has 0 N–H and O–H groups in total. The van der Waals surface area contributed by atoms with Gasteiger partial charge in [0.05, 0.1) is 6.61 Å². The Morgan fingerprint density at radius 3 is 2.25 bits per heavy atom. The summed E-state index contributed by atoms with van der Waals surface area (Å²) in [6, 6.07) is 15.6. The van der Waals surface area contributed by atoms with Crippen LogP contribution < -0.4 is 0 Å². The van der Waals surface area contributed by atoms with E-state index >= 15 is 0 Å². The number of nitrogens with zero attached hydrogens (tertiary/aromatic N) is 1. The van der Waals surface area contributed by atoms with Gasteiger partial charge in [0.1, 0.15) is 0 Å². The summed E-state index contributed by atoms with van der Waals surface area (Å²) in [5.74, 6) is -1.41. The molecule has 0 spiro atoms. The molecule has 2 rings (SSSR count). The van der Waals surface area contributed by atoms with Crippen molar-refractivity contribution in [1.82, 2.24) is 0 Å². The van der Waals surface area contributed by atoms with Gasteiger partial charge in [-0.05, 0) is 25.0 Å². The highest BCUT2D eigenvalue weighted by atomic mass is 19.4. The second-order valence-corrected chi connectivity index (χ2v) is 6.26. The molecule has 0 saturated carbocycles. The summed E-state index contributed by atoms with van der Waals surface area (Å²) in [5.41, 5.74) is -0.763. The number of hydrogen-bond donors (Lipinski definition) is 0. The highest BCUT2D eigenvalue weighted by molar-refractivity contribution is 5.88. The van der Waals surface area contributed by atoms with Gasteiger partial charge in [0.2, 0.25) is 0 Å². The molecule has 0 saturated heterocycles. The molecule has 0 radical (unpaired) electrons. The van der Waals surface area contributed by atoms with Crippen LogP contribution in [0.3, 0.4) is 0 Å². The molecular weight excluding hydrogens is 367 g/mol. The zero-order valence-corrected chi connectivity index (χ0v) is 15.7. The molecule has 0 amide bonds. The van der Waals surface area contributed by atoms with Gasteiger partial charge in [0, 0.05) is 12.6 Å². The molecule has 0 fully saturated rings. The van der Waals surface area contributed by atoms with Crippen LogP contribution in [0.25, 0.3) is 6.08 Å².